The number of aromatic nitrogens is 6. The third kappa shape index (κ3) is 4.92. The monoisotopic (exact) mass is 466 g/mol. The highest BCUT2D eigenvalue weighted by molar-refractivity contribution is 7.09. The normalized spacial score (nSPS) is 11.7. The number of fused-ring (bicyclic) bond motifs is 1. The summed E-state index contributed by atoms with van der Waals surface area (Å²) in [4.78, 5) is 31.5. The van der Waals surface area contributed by atoms with Gasteiger partial charge in [-0.3, -0.25) is 9.88 Å². The molecule has 0 aliphatic heterocycles. The predicted molar refractivity (Wildman–Crippen MR) is 129 cm³/mol. The van der Waals surface area contributed by atoms with Gasteiger partial charge in [-0.15, -0.1) is 0 Å². The van der Waals surface area contributed by atoms with Gasteiger partial charge < -0.3 is 14.6 Å². The molecule has 0 bridgehead atoms. The molecule has 0 spiro atoms. The number of hydrogen-bond donors (Lipinski definition) is 1. The molecule has 0 saturated heterocycles. The number of amides is 1. The number of pyridine rings is 1. The SMILES string of the molecule is CC(C)n1ccc2cc(-c3nsc(Nc4nccnc4N(C)C(=O)OC(C)(C)C)n3)ncc21. The molecule has 0 aliphatic carbocycles. The number of carbonyl (C=O) groups is 1. The second-order valence-electron chi connectivity index (χ2n) is 8.76. The number of hydrogen-bond acceptors (Lipinski definition) is 9. The van der Waals surface area contributed by atoms with Crippen LogP contribution >= 0.6 is 11.5 Å². The van der Waals surface area contributed by atoms with E-state index in [1.807, 2.05) is 12.3 Å². The Balaban J connectivity index is 1.56. The summed E-state index contributed by atoms with van der Waals surface area (Å²) >= 11 is 1.17. The lowest BCUT2D eigenvalue weighted by Gasteiger charge is -2.24. The third-order valence-electron chi connectivity index (χ3n) is 4.71. The van der Waals surface area contributed by atoms with Gasteiger partial charge in [0.2, 0.25) is 5.13 Å². The van der Waals surface area contributed by atoms with Crippen LogP contribution in [0.2, 0.25) is 0 Å². The lowest BCUT2D eigenvalue weighted by atomic mass is 10.2. The van der Waals surface area contributed by atoms with Gasteiger partial charge in [-0.25, -0.2) is 14.8 Å². The molecule has 1 amide bonds. The van der Waals surface area contributed by atoms with E-state index in [2.05, 4.69) is 60.3 Å². The largest absolute Gasteiger partial charge is 0.443 e. The van der Waals surface area contributed by atoms with Gasteiger partial charge in [0, 0.05) is 48.6 Å². The van der Waals surface area contributed by atoms with E-state index in [0.29, 0.717) is 34.3 Å². The van der Waals surface area contributed by atoms with Gasteiger partial charge in [-0.1, -0.05) is 0 Å². The molecule has 1 N–H and O–H groups in total. The van der Waals surface area contributed by atoms with Gasteiger partial charge in [0.1, 0.15) is 11.3 Å². The number of carbonyl (C=O) groups excluding carboxylic acids is 1. The van der Waals surface area contributed by atoms with E-state index < -0.39 is 11.7 Å². The van der Waals surface area contributed by atoms with E-state index in [1.54, 1.807) is 27.8 Å². The van der Waals surface area contributed by atoms with E-state index in [1.165, 1.54) is 28.8 Å². The van der Waals surface area contributed by atoms with Crippen LogP contribution in [0.1, 0.15) is 40.7 Å². The van der Waals surface area contributed by atoms with Crippen LogP contribution in [0.5, 0.6) is 0 Å². The zero-order valence-electron chi connectivity index (χ0n) is 19.4. The van der Waals surface area contributed by atoms with Gasteiger partial charge in [0.05, 0.1) is 11.7 Å². The highest BCUT2D eigenvalue weighted by Gasteiger charge is 2.24. The van der Waals surface area contributed by atoms with Crippen molar-refractivity contribution >= 4 is 45.3 Å². The summed E-state index contributed by atoms with van der Waals surface area (Å²) in [5.74, 6) is 1.19. The smallest absolute Gasteiger partial charge is 0.415 e. The number of nitrogens with zero attached hydrogens (tertiary/aromatic N) is 7. The van der Waals surface area contributed by atoms with Crippen LogP contribution in [0.25, 0.3) is 22.4 Å². The molecule has 0 aliphatic rings. The van der Waals surface area contributed by atoms with Gasteiger partial charge in [0.15, 0.2) is 17.5 Å². The molecule has 4 aromatic heterocycles. The van der Waals surface area contributed by atoms with Crippen LogP contribution in [0, 0.1) is 0 Å². The second-order valence-corrected chi connectivity index (χ2v) is 9.51. The Bertz CT molecular complexity index is 1290. The van der Waals surface area contributed by atoms with E-state index in [4.69, 9.17) is 4.74 Å². The Kier molecular flexibility index (Phi) is 5.98. The standard InChI is InChI=1S/C22H26N8O2S/c1-13(2)30-10-7-14-11-15(25-12-16(14)30)17-26-20(33-28-17)27-18-19(24-9-8-23-18)29(6)21(31)32-22(3,4)5/h7-13H,1-6H3,(H,23,26,27,28). The van der Waals surface area contributed by atoms with Crippen LogP contribution in [0.3, 0.4) is 0 Å². The van der Waals surface area contributed by atoms with Crippen LogP contribution in [0.15, 0.2) is 36.9 Å². The summed E-state index contributed by atoms with van der Waals surface area (Å²) in [5.41, 5.74) is 1.12. The first kappa shape index (κ1) is 22.6. The van der Waals surface area contributed by atoms with Gasteiger partial charge in [0.25, 0.3) is 0 Å². The topological polar surface area (TPSA) is 111 Å². The molecule has 0 fully saturated rings. The summed E-state index contributed by atoms with van der Waals surface area (Å²) in [6, 6.07) is 4.39. The molecule has 0 saturated carbocycles. The molecule has 0 aromatic carbocycles. The fourth-order valence-electron chi connectivity index (χ4n) is 3.19. The predicted octanol–water partition coefficient (Wildman–Crippen LogP) is 5.04. The quantitative estimate of drug-likeness (QED) is 0.435. The average molecular weight is 467 g/mol. The Hall–Kier alpha value is -3.60. The summed E-state index contributed by atoms with van der Waals surface area (Å²) in [6.45, 7) is 9.68. The van der Waals surface area contributed by atoms with Crippen molar-refractivity contribution in [3.63, 3.8) is 0 Å². The van der Waals surface area contributed by atoms with Crippen molar-refractivity contribution in [1.82, 2.24) is 28.9 Å². The van der Waals surface area contributed by atoms with E-state index in [9.17, 15) is 4.79 Å². The van der Waals surface area contributed by atoms with Crippen LogP contribution in [-0.2, 0) is 4.74 Å². The zero-order chi connectivity index (χ0) is 23.8. The minimum Gasteiger partial charge on any atom is -0.443 e. The Morgan fingerprint density at radius 1 is 1.21 bits per heavy atom. The fraction of sp³-hybridized carbons (Fsp3) is 0.364. The van der Waals surface area contributed by atoms with Crippen LogP contribution < -0.4 is 10.2 Å². The van der Waals surface area contributed by atoms with E-state index in [0.717, 1.165) is 10.9 Å². The van der Waals surface area contributed by atoms with Gasteiger partial charge in [-0.05, 0) is 46.8 Å². The molecule has 172 valence electrons. The summed E-state index contributed by atoms with van der Waals surface area (Å²) < 4.78 is 12.0. The maximum atomic E-state index is 12.5. The second kappa shape index (κ2) is 8.74. The highest BCUT2D eigenvalue weighted by Crippen LogP contribution is 2.29. The van der Waals surface area contributed by atoms with Crippen LogP contribution in [-0.4, -0.2) is 47.6 Å². The minimum absolute atomic E-state index is 0.318. The molecule has 0 unspecified atom stereocenters. The maximum Gasteiger partial charge on any atom is 0.415 e. The maximum absolute atomic E-state index is 12.5. The first-order valence-corrected chi connectivity index (χ1v) is 11.2. The Morgan fingerprint density at radius 2 is 1.97 bits per heavy atom. The summed E-state index contributed by atoms with van der Waals surface area (Å²) in [5, 5.41) is 4.69. The lowest BCUT2D eigenvalue weighted by molar-refractivity contribution is 0.0588. The van der Waals surface area contributed by atoms with E-state index in [-0.39, 0.29) is 0 Å². The molecule has 10 nitrogen and oxygen atoms in total. The number of ether oxygens (including phenoxy) is 1. The van der Waals surface area contributed by atoms with Crippen molar-refractivity contribution in [2.24, 2.45) is 0 Å². The molecule has 4 aromatic rings. The first-order valence-electron chi connectivity index (χ1n) is 10.5. The molecule has 11 heteroatoms. The van der Waals surface area contributed by atoms with Gasteiger partial charge in [-0.2, -0.15) is 9.36 Å². The molecular weight excluding hydrogens is 440 g/mol. The van der Waals surface area contributed by atoms with Crippen molar-refractivity contribution in [2.45, 2.75) is 46.3 Å². The van der Waals surface area contributed by atoms with Crippen molar-refractivity contribution in [3.05, 3.63) is 36.9 Å². The molecule has 0 atom stereocenters. The number of nitrogens with one attached hydrogen (secondary N) is 1. The Labute approximate surface area is 195 Å². The van der Waals surface area contributed by atoms with Crippen molar-refractivity contribution in [3.8, 4) is 11.5 Å². The molecule has 33 heavy (non-hydrogen) atoms. The van der Waals surface area contributed by atoms with Crippen molar-refractivity contribution in [2.75, 3.05) is 17.3 Å². The Morgan fingerprint density at radius 3 is 2.70 bits per heavy atom. The van der Waals surface area contributed by atoms with Gasteiger partial charge >= 0.3 is 6.09 Å². The molecule has 0 radical (unpaired) electrons. The number of anilines is 3. The summed E-state index contributed by atoms with van der Waals surface area (Å²) in [7, 11) is 1.58. The molecule has 4 rings (SSSR count). The minimum atomic E-state index is -0.625. The molecule has 4 heterocycles. The van der Waals surface area contributed by atoms with Crippen molar-refractivity contribution < 1.29 is 9.53 Å². The van der Waals surface area contributed by atoms with Crippen molar-refractivity contribution in [1.29, 1.82) is 0 Å². The molecular formula is C22H26N8O2S. The zero-order valence-corrected chi connectivity index (χ0v) is 20.2. The third-order valence-corrected chi connectivity index (χ3v) is 5.34. The highest BCUT2D eigenvalue weighted by atomic mass is 32.1. The average Bonchev–Trinajstić information content (AvgIpc) is 3.39. The number of rotatable bonds is 5. The fourth-order valence-corrected chi connectivity index (χ4v) is 3.76. The van der Waals surface area contributed by atoms with Crippen LogP contribution in [0.4, 0.5) is 21.6 Å². The summed E-state index contributed by atoms with van der Waals surface area (Å²) in [6.07, 6.45) is 6.41. The lowest BCUT2D eigenvalue weighted by Crippen LogP contribution is -2.35. The first-order chi connectivity index (χ1) is 15.6. The van der Waals surface area contributed by atoms with E-state index >= 15 is 0 Å².